The predicted octanol–water partition coefficient (Wildman–Crippen LogP) is 3.29. The first-order chi connectivity index (χ1) is 7.54. The van der Waals surface area contributed by atoms with Crippen molar-refractivity contribution in [2.24, 2.45) is 0 Å². The van der Waals surface area contributed by atoms with Crippen LogP contribution in [0, 0.1) is 13.8 Å². The molecule has 8 heteroatoms. The van der Waals surface area contributed by atoms with Crippen LogP contribution in [-0.4, -0.2) is 13.9 Å². The Morgan fingerprint density at radius 3 is 2.12 bits per heavy atom. The lowest BCUT2D eigenvalue weighted by atomic mass is 10.1. The molecular weight excluding hydrogens is 325 g/mol. The van der Waals surface area contributed by atoms with Gasteiger partial charge in [0.1, 0.15) is 0 Å². The van der Waals surface area contributed by atoms with Crippen molar-refractivity contribution in [3.8, 4) is 5.75 Å². The molecule has 0 saturated heterocycles. The van der Waals surface area contributed by atoms with Crippen molar-refractivity contribution in [2.45, 2.75) is 19.4 Å². The largest absolute Gasteiger partial charge is 0.534 e. The summed E-state index contributed by atoms with van der Waals surface area (Å²) in [4.78, 5) is 0. The Morgan fingerprint density at radius 1 is 1.18 bits per heavy atom. The van der Waals surface area contributed by atoms with Gasteiger partial charge in [-0.2, -0.15) is 21.6 Å². The zero-order valence-electron chi connectivity index (χ0n) is 8.80. The van der Waals surface area contributed by atoms with Gasteiger partial charge in [0.05, 0.1) is 4.47 Å². The molecule has 3 nitrogen and oxygen atoms in total. The Kier molecular flexibility index (Phi) is 3.78. The van der Waals surface area contributed by atoms with E-state index in [9.17, 15) is 21.6 Å². The molecule has 0 aliphatic heterocycles. The van der Waals surface area contributed by atoms with Gasteiger partial charge in [0.2, 0.25) is 0 Å². The molecule has 0 N–H and O–H groups in total. The molecule has 0 spiro atoms. The first-order valence-electron chi connectivity index (χ1n) is 4.32. The Hall–Kier alpha value is -0.760. The van der Waals surface area contributed by atoms with Crippen LogP contribution in [0.25, 0.3) is 0 Å². The fourth-order valence-corrected chi connectivity index (χ4v) is 2.10. The molecule has 0 radical (unpaired) electrons. The minimum atomic E-state index is -5.63. The number of hydrogen-bond donors (Lipinski definition) is 0. The minimum Gasteiger partial charge on any atom is -0.375 e. The molecule has 96 valence electrons. The van der Waals surface area contributed by atoms with E-state index in [1.807, 2.05) is 0 Å². The van der Waals surface area contributed by atoms with Crippen molar-refractivity contribution in [1.82, 2.24) is 0 Å². The molecule has 1 aromatic rings. The van der Waals surface area contributed by atoms with E-state index in [-0.39, 0.29) is 10.2 Å². The van der Waals surface area contributed by atoms with Crippen molar-refractivity contribution in [1.29, 1.82) is 0 Å². The Labute approximate surface area is 105 Å². The molecule has 0 aliphatic carbocycles. The average molecular weight is 333 g/mol. The van der Waals surface area contributed by atoms with Gasteiger partial charge in [0.25, 0.3) is 0 Å². The fraction of sp³-hybridized carbons (Fsp3) is 0.333. The zero-order valence-corrected chi connectivity index (χ0v) is 11.2. The second-order valence-corrected chi connectivity index (χ2v) is 5.74. The van der Waals surface area contributed by atoms with E-state index in [4.69, 9.17) is 0 Å². The minimum absolute atomic E-state index is 0.147. The molecule has 0 atom stereocenters. The van der Waals surface area contributed by atoms with Crippen molar-refractivity contribution in [2.75, 3.05) is 0 Å². The molecule has 1 rings (SSSR count). The maximum absolute atomic E-state index is 12.1. The molecule has 0 bridgehead atoms. The number of hydrogen-bond acceptors (Lipinski definition) is 3. The van der Waals surface area contributed by atoms with Crippen LogP contribution < -0.4 is 4.18 Å². The van der Waals surface area contributed by atoms with Crippen LogP contribution in [0.5, 0.6) is 5.75 Å². The Bertz CT molecular complexity index is 537. The first kappa shape index (κ1) is 14.3. The quantitative estimate of drug-likeness (QED) is 0.616. The summed E-state index contributed by atoms with van der Waals surface area (Å²) in [5.74, 6) is -0.384. The molecular formula is C9H8BrF3O3S. The van der Waals surface area contributed by atoms with Crippen LogP contribution in [0.3, 0.4) is 0 Å². The van der Waals surface area contributed by atoms with Gasteiger partial charge >= 0.3 is 15.6 Å². The maximum Gasteiger partial charge on any atom is 0.534 e. The maximum atomic E-state index is 12.1. The average Bonchev–Trinajstić information content (AvgIpc) is 2.12. The fourth-order valence-electron chi connectivity index (χ4n) is 0.984. The lowest BCUT2D eigenvalue weighted by molar-refractivity contribution is -0.0500. The van der Waals surface area contributed by atoms with Crippen LogP contribution in [0.15, 0.2) is 16.6 Å². The van der Waals surface area contributed by atoms with E-state index < -0.39 is 15.6 Å². The van der Waals surface area contributed by atoms with Gasteiger partial charge in [-0.15, -0.1) is 0 Å². The first-order valence-corrected chi connectivity index (χ1v) is 6.52. The van der Waals surface area contributed by atoms with Crippen molar-refractivity contribution in [3.05, 3.63) is 27.7 Å². The van der Waals surface area contributed by atoms with Gasteiger partial charge in [0.15, 0.2) is 5.75 Å². The van der Waals surface area contributed by atoms with Crippen molar-refractivity contribution >= 4 is 26.0 Å². The van der Waals surface area contributed by atoms with Crippen LogP contribution >= 0.6 is 15.9 Å². The third-order valence-electron chi connectivity index (χ3n) is 2.03. The second-order valence-electron chi connectivity index (χ2n) is 3.35. The lowest BCUT2D eigenvalue weighted by Gasteiger charge is -2.12. The third kappa shape index (κ3) is 3.12. The second kappa shape index (κ2) is 4.49. The van der Waals surface area contributed by atoms with E-state index in [1.54, 1.807) is 13.8 Å². The number of benzene rings is 1. The highest BCUT2D eigenvalue weighted by Gasteiger charge is 2.48. The molecule has 1 aromatic carbocycles. The third-order valence-corrected chi connectivity index (χ3v) is 3.62. The molecule has 17 heavy (non-hydrogen) atoms. The summed E-state index contributed by atoms with van der Waals surface area (Å²) in [5.41, 5.74) is -4.01. The molecule has 0 aliphatic rings. The van der Waals surface area contributed by atoms with Gasteiger partial charge in [-0.1, -0.05) is 0 Å². The molecule has 0 fully saturated rings. The number of halogens is 4. The molecule has 0 saturated carbocycles. The summed E-state index contributed by atoms with van der Waals surface area (Å²) in [6.45, 7) is 3.37. The zero-order chi connectivity index (χ0) is 13.4. The summed E-state index contributed by atoms with van der Waals surface area (Å²) in [5, 5.41) is 0. The normalized spacial score (nSPS) is 12.6. The number of aryl methyl sites for hydroxylation is 2. The molecule has 0 heterocycles. The van der Waals surface area contributed by atoms with Crippen molar-refractivity contribution < 1.29 is 25.8 Å². The number of rotatable bonds is 2. The summed E-state index contributed by atoms with van der Waals surface area (Å²) in [7, 11) is -5.63. The van der Waals surface area contributed by atoms with E-state index in [2.05, 4.69) is 20.1 Å². The van der Waals surface area contributed by atoms with E-state index >= 15 is 0 Å². The standard InChI is InChI=1S/C9H8BrF3O3S/c1-5-3-7(10)8(4-6(5)2)16-17(14,15)9(11,12)13/h3-4H,1-2H3. The van der Waals surface area contributed by atoms with E-state index in [1.165, 1.54) is 12.1 Å². The smallest absolute Gasteiger partial charge is 0.375 e. The summed E-state index contributed by atoms with van der Waals surface area (Å²) >= 11 is 2.94. The highest BCUT2D eigenvalue weighted by atomic mass is 79.9. The molecule has 0 amide bonds. The van der Waals surface area contributed by atoms with Crippen LogP contribution in [0.4, 0.5) is 13.2 Å². The van der Waals surface area contributed by atoms with Gasteiger partial charge in [-0.05, 0) is 53.0 Å². The van der Waals surface area contributed by atoms with Crippen molar-refractivity contribution in [3.63, 3.8) is 0 Å². The lowest BCUT2D eigenvalue weighted by Crippen LogP contribution is -2.28. The highest BCUT2D eigenvalue weighted by molar-refractivity contribution is 9.10. The Morgan fingerprint density at radius 2 is 1.65 bits per heavy atom. The summed E-state index contributed by atoms with van der Waals surface area (Å²) in [6.07, 6.45) is 0. The molecule has 0 unspecified atom stereocenters. The SMILES string of the molecule is Cc1cc(Br)c(OS(=O)(=O)C(F)(F)F)cc1C. The van der Waals surface area contributed by atoms with E-state index in [0.29, 0.717) is 5.56 Å². The van der Waals surface area contributed by atoms with Gasteiger partial charge in [0, 0.05) is 0 Å². The topological polar surface area (TPSA) is 43.4 Å². The number of alkyl halides is 3. The van der Waals surface area contributed by atoms with Crippen LogP contribution in [0.1, 0.15) is 11.1 Å². The van der Waals surface area contributed by atoms with Gasteiger partial charge in [-0.3, -0.25) is 0 Å². The van der Waals surface area contributed by atoms with E-state index in [0.717, 1.165) is 5.56 Å². The Balaban J connectivity index is 3.18. The summed E-state index contributed by atoms with van der Waals surface area (Å²) in [6, 6.07) is 2.71. The molecule has 0 aromatic heterocycles. The summed E-state index contributed by atoms with van der Waals surface area (Å²) < 4.78 is 62.1. The monoisotopic (exact) mass is 332 g/mol. The van der Waals surface area contributed by atoms with Gasteiger partial charge < -0.3 is 4.18 Å². The highest BCUT2D eigenvalue weighted by Crippen LogP contribution is 2.33. The van der Waals surface area contributed by atoms with Gasteiger partial charge in [-0.25, -0.2) is 0 Å². The predicted molar refractivity (Wildman–Crippen MR) is 59.2 cm³/mol. The van der Waals surface area contributed by atoms with Crippen LogP contribution in [-0.2, 0) is 10.1 Å². The van der Waals surface area contributed by atoms with Crippen LogP contribution in [0.2, 0.25) is 0 Å².